The lowest BCUT2D eigenvalue weighted by Crippen LogP contribution is -2.01. The molecule has 0 aliphatic carbocycles. The van der Waals surface area contributed by atoms with Gasteiger partial charge in [-0.2, -0.15) is 0 Å². The van der Waals surface area contributed by atoms with Crippen LogP contribution in [-0.4, -0.2) is 17.4 Å². The van der Waals surface area contributed by atoms with E-state index < -0.39 is 12.4 Å². The van der Waals surface area contributed by atoms with Crippen LogP contribution in [0.5, 0.6) is 0 Å². The highest BCUT2D eigenvalue weighted by Gasteiger charge is 2.14. The van der Waals surface area contributed by atoms with Crippen molar-refractivity contribution in [1.82, 2.24) is 0 Å². The first-order chi connectivity index (χ1) is 7.54. The zero-order valence-electron chi connectivity index (χ0n) is 8.32. The van der Waals surface area contributed by atoms with Crippen molar-refractivity contribution in [2.24, 2.45) is 0 Å². The molecule has 86 valence electrons. The van der Waals surface area contributed by atoms with Gasteiger partial charge in [0.25, 0.3) is 6.43 Å². The van der Waals surface area contributed by atoms with Crippen LogP contribution in [0.15, 0.2) is 18.2 Å². The lowest BCUT2D eigenvalue weighted by Gasteiger charge is -2.08. The average Bonchev–Trinajstić information content (AvgIpc) is 2.25. The number of rotatable bonds is 5. The highest BCUT2D eigenvalue weighted by atomic mass is 19.3. The predicted octanol–water partition coefficient (Wildman–Crippen LogP) is 2.45. The molecule has 0 spiro atoms. The van der Waals surface area contributed by atoms with E-state index in [2.05, 4.69) is 0 Å². The maximum Gasteiger partial charge on any atom is 0.303 e. The molecule has 0 aliphatic heterocycles. The number of hydrogen-bond donors (Lipinski definition) is 1. The molecule has 0 saturated carbocycles. The van der Waals surface area contributed by atoms with Crippen LogP contribution in [0.2, 0.25) is 0 Å². The van der Waals surface area contributed by atoms with E-state index in [1.54, 1.807) is 0 Å². The standard InChI is InChI=1S/C11H10F2O3/c12-11(13)9-5-7(6-14)1-2-8(9)3-4-10(15)16/h1-2,5-6,11H,3-4H2,(H,15,16). The van der Waals surface area contributed by atoms with Gasteiger partial charge in [0.15, 0.2) is 0 Å². The van der Waals surface area contributed by atoms with E-state index in [0.29, 0.717) is 6.29 Å². The van der Waals surface area contributed by atoms with Crippen molar-refractivity contribution >= 4 is 12.3 Å². The summed E-state index contributed by atoms with van der Waals surface area (Å²) in [6, 6.07) is 3.86. The van der Waals surface area contributed by atoms with Crippen molar-refractivity contribution in [3.63, 3.8) is 0 Å². The van der Waals surface area contributed by atoms with Crippen LogP contribution < -0.4 is 0 Å². The van der Waals surface area contributed by atoms with Gasteiger partial charge in [0.2, 0.25) is 0 Å². The van der Waals surface area contributed by atoms with E-state index in [4.69, 9.17) is 5.11 Å². The number of alkyl halides is 2. The van der Waals surface area contributed by atoms with E-state index in [0.717, 1.165) is 6.07 Å². The molecule has 1 aromatic rings. The molecule has 0 bridgehead atoms. The fourth-order valence-electron chi connectivity index (χ4n) is 1.36. The SMILES string of the molecule is O=Cc1ccc(CCC(=O)O)c(C(F)F)c1. The van der Waals surface area contributed by atoms with Crippen LogP contribution in [0, 0.1) is 0 Å². The summed E-state index contributed by atoms with van der Waals surface area (Å²) in [6.07, 6.45) is -2.40. The third-order valence-corrected chi connectivity index (χ3v) is 2.15. The number of aliphatic carboxylic acids is 1. The van der Waals surface area contributed by atoms with Gasteiger partial charge in [0, 0.05) is 17.5 Å². The minimum Gasteiger partial charge on any atom is -0.481 e. The Morgan fingerprint density at radius 3 is 2.62 bits per heavy atom. The summed E-state index contributed by atoms with van der Waals surface area (Å²) in [6.45, 7) is 0. The lowest BCUT2D eigenvalue weighted by molar-refractivity contribution is -0.136. The minimum atomic E-state index is -2.70. The molecular weight excluding hydrogens is 218 g/mol. The molecule has 0 saturated heterocycles. The summed E-state index contributed by atoms with van der Waals surface area (Å²) >= 11 is 0. The van der Waals surface area contributed by atoms with Crippen molar-refractivity contribution < 1.29 is 23.5 Å². The normalized spacial score (nSPS) is 10.4. The summed E-state index contributed by atoms with van der Waals surface area (Å²) < 4.78 is 25.2. The molecule has 0 amide bonds. The molecule has 0 radical (unpaired) electrons. The van der Waals surface area contributed by atoms with Gasteiger partial charge in [0.1, 0.15) is 6.29 Å². The third kappa shape index (κ3) is 3.12. The van der Waals surface area contributed by atoms with E-state index >= 15 is 0 Å². The highest BCUT2D eigenvalue weighted by molar-refractivity contribution is 5.75. The van der Waals surface area contributed by atoms with Crippen LogP contribution >= 0.6 is 0 Å². The largest absolute Gasteiger partial charge is 0.481 e. The van der Waals surface area contributed by atoms with Crippen LogP contribution in [-0.2, 0) is 11.2 Å². The Balaban J connectivity index is 2.98. The smallest absolute Gasteiger partial charge is 0.303 e. The topological polar surface area (TPSA) is 54.4 Å². The molecule has 0 heterocycles. The number of hydrogen-bond acceptors (Lipinski definition) is 2. The fraction of sp³-hybridized carbons (Fsp3) is 0.273. The molecule has 0 fully saturated rings. The Bertz CT molecular complexity index is 402. The minimum absolute atomic E-state index is 0.0359. The molecule has 1 aromatic carbocycles. The van der Waals surface area contributed by atoms with Gasteiger partial charge in [-0.15, -0.1) is 0 Å². The molecular formula is C11H10F2O3. The number of carbonyl (C=O) groups is 2. The first kappa shape index (κ1) is 12.3. The van der Waals surface area contributed by atoms with Gasteiger partial charge in [-0.25, -0.2) is 8.78 Å². The molecule has 0 aromatic heterocycles. The lowest BCUT2D eigenvalue weighted by atomic mass is 10.0. The van der Waals surface area contributed by atoms with E-state index in [-0.39, 0.29) is 29.5 Å². The average molecular weight is 228 g/mol. The third-order valence-electron chi connectivity index (χ3n) is 2.15. The van der Waals surface area contributed by atoms with Gasteiger partial charge in [0.05, 0.1) is 0 Å². The summed E-state index contributed by atoms with van der Waals surface area (Å²) in [7, 11) is 0. The first-order valence-corrected chi connectivity index (χ1v) is 4.62. The Labute approximate surface area is 90.7 Å². The Morgan fingerprint density at radius 1 is 1.44 bits per heavy atom. The van der Waals surface area contributed by atoms with Gasteiger partial charge in [-0.1, -0.05) is 12.1 Å². The van der Waals surface area contributed by atoms with Crippen molar-refractivity contribution in [1.29, 1.82) is 0 Å². The second-order valence-corrected chi connectivity index (χ2v) is 3.27. The summed E-state index contributed by atoms with van der Waals surface area (Å²) in [5.74, 6) is -1.04. The molecule has 0 unspecified atom stereocenters. The van der Waals surface area contributed by atoms with Crippen LogP contribution in [0.1, 0.15) is 34.3 Å². The fourth-order valence-corrected chi connectivity index (χ4v) is 1.36. The molecule has 5 heteroatoms. The van der Waals surface area contributed by atoms with Gasteiger partial charge in [-0.05, 0) is 18.1 Å². The summed E-state index contributed by atoms with van der Waals surface area (Å²) in [5, 5.41) is 8.46. The molecule has 0 aliphatic rings. The van der Waals surface area contributed by atoms with Crippen LogP contribution in [0.4, 0.5) is 8.78 Å². The number of carboxylic acid groups (broad SMARTS) is 1. The van der Waals surface area contributed by atoms with Gasteiger partial charge < -0.3 is 5.11 Å². The Kier molecular flexibility index (Phi) is 4.10. The predicted molar refractivity (Wildman–Crippen MR) is 52.7 cm³/mol. The molecule has 0 atom stereocenters. The van der Waals surface area contributed by atoms with Crippen molar-refractivity contribution in [2.75, 3.05) is 0 Å². The monoisotopic (exact) mass is 228 g/mol. The number of benzene rings is 1. The van der Waals surface area contributed by atoms with Crippen LogP contribution in [0.25, 0.3) is 0 Å². The Hall–Kier alpha value is -1.78. The number of aryl methyl sites for hydroxylation is 1. The van der Waals surface area contributed by atoms with Gasteiger partial charge >= 0.3 is 5.97 Å². The molecule has 1 rings (SSSR count). The van der Waals surface area contributed by atoms with Crippen molar-refractivity contribution in [2.45, 2.75) is 19.3 Å². The zero-order valence-corrected chi connectivity index (χ0v) is 8.32. The molecule has 16 heavy (non-hydrogen) atoms. The maximum absolute atomic E-state index is 12.6. The summed E-state index contributed by atoms with van der Waals surface area (Å²) in [5.41, 5.74) is 0.156. The number of aldehydes is 1. The first-order valence-electron chi connectivity index (χ1n) is 4.62. The van der Waals surface area contributed by atoms with E-state index in [1.165, 1.54) is 12.1 Å². The number of carbonyl (C=O) groups excluding carboxylic acids is 1. The molecule has 3 nitrogen and oxygen atoms in total. The number of halogens is 2. The quantitative estimate of drug-likeness (QED) is 0.787. The zero-order chi connectivity index (χ0) is 12.1. The van der Waals surface area contributed by atoms with E-state index in [1.807, 2.05) is 0 Å². The number of carboxylic acids is 1. The van der Waals surface area contributed by atoms with Crippen molar-refractivity contribution in [3.8, 4) is 0 Å². The Morgan fingerprint density at radius 2 is 2.12 bits per heavy atom. The maximum atomic E-state index is 12.6. The second kappa shape index (κ2) is 5.34. The van der Waals surface area contributed by atoms with Crippen LogP contribution in [0.3, 0.4) is 0 Å². The van der Waals surface area contributed by atoms with Gasteiger partial charge in [-0.3, -0.25) is 9.59 Å². The highest BCUT2D eigenvalue weighted by Crippen LogP contribution is 2.24. The summed E-state index contributed by atoms with van der Waals surface area (Å²) in [4.78, 5) is 20.8. The van der Waals surface area contributed by atoms with E-state index in [9.17, 15) is 18.4 Å². The molecule has 1 N–H and O–H groups in total. The van der Waals surface area contributed by atoms with Crippen molar-refractivity contribution in [3.05, 3.63) is 34.9 Å². The second-order valence-electron chi connectivity index (χ2n) is 3.27.